The third kappa shape index (κ3) is 5.18. The van der Waals surface area contributed by atoms with Gasteiger partial charge in [-0.1, -0.05) is 50.2 Å². The van der Waals surface area contributed by atoms with E-state index in [1.54, 1.807) is 42.5 Å². The van der Waals surface area contributed by atoms with E-state index in [4.69, 9.17) is 9.47 Å². The van der Waals surface area contributed by atoms with Crippen molar-refractivity contribution >= 4 is 21.6 Å². The van der Waals surface area contributed by atoms with E-state index >= 15 is 0 Å². The molecule has 4 rings (SSSR count). The van der Waals surface area contributed by atoms with E-state index in [1.807, 2.05) is 24.3 Å². The van der Waals surface area contributed by atoms with Crippen LogP contribution in [0.15, 0.2) is 83.8 Å². The van der Waals surface area contributed by atoms with Crippen LogP contribution in [0.3, 0.4) is 0 Å². The van der Waals surface area contributed by atoms with Gasteiger partial charge >= 0.3 is 0 Å². The Morgan fingerprint density at radius 1 is 1.00 bits per heavy atom. The fraction of sp³-hybridized carbons (Fsp3) is 0.321. The lowest BCUT2D eigenvalue weighted by Crippen LogP contribution is -2.47. The zero-order chi connectivity index (χ0) is 25.8. The van der Waals surface area contributed by atoms with Gasteiger partial charge in [0.05, 0.1) is 23.7 Å². The Kier molecular flexibility index (Phi) is 7.54. The van der Waals surface area contributed by atoms with E-state index in [-0.39, 0.29) is 23.1 Å². The van der Waals surface area contributed by atoms with Gasteiger partial charge in [0.1, 0.15) is 23.6 Å². The number of carbonyl (C=O) groups is 1. The highest BCUT2D eigenvalue weighted by Crippen LogP contribution is 2.42. The highest BCUT2D eigenvalue weighted by molar-refractivity contribution is 7.92. The first-order valence-corrected chi connectivity index (χ1v) is 13.5. The fourth-order valence-electron chi connectivity index (χ4n) is 4.58. The number of amides is 1. The highest BCUT2D eigenvalue weighted by atomic mass is 32.2. The molecule has 0 bridgehead atoms. The number of rotatable bonds is 9. The smallest absolute Gasteiger partial charge is 0.264 e. The summed E-state index contributed by atoms with van der Waals surface area (Å²) in [5.41, 5.74) is 0.917. The van der Waals surface area contributed by atoms with Crippen LogP contribution in [0.5, 0.6) is 11.5 Å². The topological polar surface area (TPSA) is 84.9 Å². The first kappa shape index (κ1) is 25.6. The van der Waals surface area contributed by atoms with Crippen molar-refractivity contribution in [2.75, 3.05) is 18.0 Å². The van der Waals surface area contributed by atoms with Gasteiger partial charge in [-0.25, -0.2) is 8.42 Å². The third-order valence-electron chi connectivity index (χ3n) is 6.80. The summed E-state index contributed by atoms with van der Waals surface area (Å²) < 4.78 is 39.9. The minimum absolute atomic E-state index is 0.0762. The van der Waals surface area contributed by atoms with Crippen molar-refractivity contribution in [3.8, 4) is 11.5 Å². The number of nitrogens with zero attached hydrogens (tertiary/aromatic N) is 1. The van der Waals surface area contributed by atoms with Crippen molar-refractivity contribution in [3.05, 3.63) is 84.4 Å². The minimum atomic E-state index is -4.02. The molecular weight excluding hydrogens is 476 g/mol. The summed E-state index contributed by atoms with van der Waals surface area (Å²) in [5, 5.41) is 3.10. The quantitative estimate of drug-likeness (QED) is 0.435. The molecule has 0 unspecified atom stereocenters. The predicted octanol–water partition coefficient (Wildman–Crippen LogP) is 5.09. The number of hydrogen-bond acceptors (Lipinski definition) is 5. The summed E-state index contributed by atoms with van der Waals surface area (Å²) in [6.07, 6.45) is 2.21. The molecule has 1 heterocycles. The number of fused-ring (bicyclic) bond motifs is 1. The van der Waals surface area contributed by atoms with Crippen molar-refractivity contribution in [2.45, 2.75) is 49.6 Å². The Balaban J connectivity index is 1.63. The maximum absolute atomic E-state index is 13.6. The van der Waals surface area contributed by atoms with Gasteiger partial charge < -0.3 is 14.8 Å². The van der Waals surface area contributed by atoms with E-state index in [9.17, 15) is 13.2 Å². The summed E-state index contributed by atoms with van der Waals surface area (Å²) in [5.74, 6) is 0.911. The van der Waals surface area contributed by atoms with Gasteiger partial charge in [0.25, 0.3) is 10.0 Å². The standard InChI is InChI=1S/C28H32N2O5S/c1-4-28(5-2)19-25(24-13-9-10-14-26(24)35-28)29-27(31)20-30(21-11-7-6-8-12-21)36(32,33)23-17-15-22(34-3)16-18-23/h6-18,25H,4-5,19-20H2,1-3H3,(H,29,31)/t25-/m0/s1. The van der Waals surface area contributed by atoms with Crippen molar-refractivity contribution in [3.63, 3.8) is 0 Å². The molecule has 190 valence electrons. The van der Waals surface area contributed by atoms with Gasteiger partial charge in [0.2, 0.25) is 5.91 Å². The van der Waals surface area contributed by atoms with Gasteiger partial charge in [0, 0.05) is 12.0 Å². The van der Waals surface area contributed by atoms with E-state index in [0.29, 0.717) is 17.9 Å². The zero-order valence-corrected chi connectivity index (χ0v) is 21.6. The molecular formula is C28H32N2O5S. The van der Waals surface area contributed by atoms with Crippen LogP contribution >= 0.6 is 0 Å². The zero-order valence-electron chi connectivity index (χ0n) is 20.8. The molecule has 1 N–H and O–H groups in total. The molecule has 0 radical (unpaired) electrons. The SMILES string of the molecule is CCC1(CC)C[C@H](NC(=O)CN(c2ccccc2)S(=O)(=O)c2ccc(OC)cc2)c2ccccc2O1. The normalized spacial score (nSPS) is 16.4. The number of para-hydroxylation sites is 2. The molecule has 1 aliphatic heterocycles. The summed E-state index contributed by atoms with van der Waals surface area (Å²) in [4.78, 5) is 13.5. The number of sulfonamides is 1. The number of hydrogen-bond donors (Lipinski definition) is 1. The Hall–Kier alpha value is -3.52. The average Bonchev–Trinajstić information content (AvgIpc) is 2.92. The van der Waals surface area contributed by atoms with Crippen LogP contribution in [0, 0.1) is 0 Å². The van der Waals surface area contributed by atoms with Crippen LogP contribution in [-0.2, 0) is 14.8 Å². The Bertz CT molecular complexity index is 1290. The minimum Gasteiger partial charge on any atom is -0.497 e. The molecule has 0 fully saturated rings. The largest absolute Gasteiger partial charge is 0.497 e. The number of methoxy groups -OCH3 is 1. The van der Waals surface area contributed by atoms with E-state index in [0.717, 1.165) is 28.5 Å². The van der Waals surface area contributed by atoms with Gasteiger partial charge in [0.15, 0.2) is 0 Å². The van der Waals surface area contributed by atoms with E-state index in [2.05, 4.69) is 19.2 Å². The number of ether oxygens (including phenoxy) is 2. The van der Waals surface area contributed by atoms with Crippen LogP contribution in [0.1, 0.15) is 44.7 Å². The Labute approximate surface area is 213 Å². The lowest BCUT2D eigenvalue weighted by Gasteiger charge is -2.41. The molecule has 1 atom stereocenters. The van der Waals surface area contributed by atoms with Gasteiger partial charge in [-0.3, -0.25) is 9.10 Å². The van der Waals surface area contributed by atoms with Crippen molar-refractivity contribution < 1.29 is 22.7 Å². The number of benzene rings is 3. The van der Waals surface area contributed by atoms with Crippen LogP contribution in [0.2, 0.25) is 0 Å². The second-order valence-corrected chi connectivity index (χ2v) is 10.7. The molecule has 36 heavy (non-hydrogen) atoms. The fourth-order valence-corrected chi connectivity index (χ4v) is 6.01. The maximum Gasteiger partial charge on any atom is 0.264 e. The predicted molar refractivity (Wildman–Crippen MR) is 140 cm³/mol. The van der Waals surface area contributed by atoms with Gasteiger partial charge in [-0.05, 0) is 55.3 Å². The molecule has 0 aliphatic carbocycles. The first-order chi connectivity index (χ1) is 17.3. The monoisotopic (exact) mass is 508 g/mol. The second-order valence-electron chi connectivity index (χ2n) is 8.88. The Morgan fingerprint density at radius 2 is 1.64 bits per heavy atom. The molecule has 0 aromatic heterocycles. The highest BCUT2D eigenvalue weighted by Gasteiger charge is 2.39. The van der Waals surface area contributed by atoms with Crippen molar-refractivity contribution in [2.24, 2.45) is 0 Å². The number of carbonyl (C=O) groups excluding carboxylic acids is 1. The Morgan fingerprint density at radius 3 is 2.28 bits per heavy atom. The second kappa shape index (κ2) is 10.6. The van der Waals surface area contributed by atoms with Gasteiger partial charge in [-0.15, -0.1) is 0 Å². The maximum atomic E-state index is 13.6. The summed E-state index contributed by atoms with van der Waals surface area (Å²) in [6, 6.07) is 22.2. The summed E-state index contributed by atoms with van der Waals surface area (Å²) in [6.45, 7) is 3.80. The molecule has 0 saturated carbocycles. The molecule has 8 heteroatoms. The molecule has 0 saturated heterocycles. The van der Waals surface area contributed by atoms with Crippen LogP contribution in [0.4, 0.5) is 5.69 Å². The van der Waals surface area contributed by atoms with Gasteiger partial charge in [-0.2, -0.15) is 0 Å². The van der Waals surface area contributed by atoms with E-state index < -0.39 is 15.9 Å². The van der Waals surface area contributed by atoms with E-state index in [1.165, 1.54) is 19.2 Å². The van der Waals surface area contributed by atoms with Crippen LogP contribution in [-0.4, -0.2) is 33.6 Å². The van der Waals surface area contributed by atoms with Crippen molar-refractivity contribution in [1.82, 2.24) is 5.32 Å². The molecule has 3 aromatic carbocycles. The molecule has 3 aromatic rings. The lowest BCUT2D eigenvalue weighted by molar-refractivity contribution is -0.121. The van der Waals surface area contributed by atoms with Crippen LogP contribution < -0.4 is 19.1 Å². The lowest BCUT2D eigenvalue weighted by atomic mass is 9.83. The number of nitrogens with one attached hydrogen (secondary N) is 1. The molecule has 1 aliphatic rings. The summed E-state index contributed by atoms with van der Waals surface area (Å²) >= 11 is 0. The molecule has 0 spiro atoms. The van der Waals surface area contributed by atoms with Crippen molar-refractivity contribution in [1.29, 1.82) is 0 Å². The molecule has 1 amide bonds. The average molecular weight is 509 g/mol. The number of anilines is 1. The first-order valence-electron chi connectivity index (χ1n) is 12.1. The van der Waals surface area contributed by atoms with Crippen LogP contribution in [0.25, 0.3) is 0 Å². The third-order valence-corrected chi connectivity index (χ3v) is 8.59. The summed E-state index contributed by atoms with van der Waals surface area (Å²) in [7, 11) is -2.50. The molecule has 7 nitrogen and oxygen atoms in total.